The second-order valence-corrected chi connectivity index (χ2v) is 10.4. The van der Waals surface area contributed by atoms with Crippen LogP contribution in [0.2, 0.25) is 0 Å². The second-order valence-electron chi connectivity index (χ2n) is 10.4. The van der Waals surface area contributed by atoms with Crippen LogP contribution in [0.15, 0.2) is 0 Å². The Hall–Kier alpha value is -3.92. The van der Waals surface area contributed by atoms with Gasteiger partial charge in [0.15, 0.2) is 0 Å². The van der Waals surface area contributed by atoms with E-state index in [0.29, 0.717) is 16.5 Å². The van der Waals surface area contributed by atoms with Gasteiger partial charge in [-0.25, -0.2) is 9.59 Å². The molecule has 16 heteroatoms. The van der Waals surface area contributed by atoms with Gasteiger partial charge in [-0.2, -0.15) is 0 Å². The van der Waals surface area contributed by atoms with Crippen LogP contribution in [0.1, 0.15) is 85.0 Å². The zero-order valence-electron chi connectivity index (χ0n) is 23.3. The highest BCUT2D eigenvalue weighted by Gasteiger charge is 2.34. The van der Waals surface area contributed by atoms with Crippen molar-refractivity contribution in [2.24, 2.45) is 0 Å². The fraction of sp³-hybridized carbons (Fsp3) is 0.680. The molecule has 228 valence electrons. The Balaban J connectivity index is 1.59. The Kier molecular flexibility index (Phi) is 11.9. The van der Waals surface area contributed by atoms with Crippen molar-refractivity contribution in [3.05, 3.63) is 0 Å². The Morgan fingerprint density at radius 3 is 1.63 bits per heavy atom. The van der Waals surface area contributed by atoms with Gasteiger partial charge in [0.05, 0.1) is 25.0 Å². The number of amides is 6. The van der Waals surface area contributed by atoms with Crippen molar-refractivity contribution in [2.75, 3.05) is 13.2 Å². The third-order valence-corrected chi connectivity index (χ3v) is 6.05. The summed E-state index contributed by atoms with van der Waals surface area (Å²) in [6.45, 7) is 5.11. The third kappa shape index (κ3) is 11.6. The van der Waals surface area contributed by atoms with Gasteiger partial charge in [-0.15, -0.1) is 10.1 Å². The minimum Gasteiger partial charge on any atom is -0.375 e. The van der Waals surface area contributed by atoms with Gasteiger partial charge in [0, 0.05) is 51.5 Å². The SMILES string of the molecule is CC(O)(CCOC(C)(C)CCNC(=O)CCC(=O)ON1C(=O)CCC1=O)NC(=O)CCC(=O)ON1C(=O)CCC1=O. The van der Waals surface area contributed by atoms with Crippen molar-refractivity contribution in [3.8, 4) is 0 Å². The summed E-state index contributed by atoms with van der Waals surface area (Å²) in [7, 11) is 0. The zero-order valence-corrected chi connectivity index (χ0v) is 23.3. The molecule has 2 aliphatic heterocycles. The summed E-state index contributed by atoms with van der Waals surface area (Å²) in [6.07, 6.45) is -1.04. The highest BCUT2D eigenvalue weighted by molar-refractivity contribution is 6.02. The maximum atomic E-state index is 12.1. The first-order valence-electron chi connectivity index (χ1n) is 13.2. The molecule has 2 aliphatic rings. The molecule has 0 aromatic rings. The predicted octanol–water partition coefficient (Wildman–Crippen LogP) is -0.722. The number of hydrogen-bond donors (Lipinski definition) is 3. The fourth-order valence-electron chi connectivity index (χ4n) is 3.66. The molecule has 0 saturated carbocycles. The minimum atomic E-state index is -1.66. The number of rotatable bonds is 16. The summed E-state index contributed by atoms with van der Waals surface area (Å²) in [4.78, 5) is 103. The maximum absolute atomic E-state index is 12.1. The van der Waals surface area contributed by atoms with Crippen LogP contribution in [-0.4, -0.2) is 87.1 Å². The summed E-state index contributed by atoms with van der Waals surface area (Å²) in [5.74, 6) is -5.37. The minimum absolute atomic E-state index is 0.000107. The topological polar surface area (TPSA) is 215 Å². The lowest BCUT2D eigenvalue weighted by Crippen LogP contribution is -2.47. The lowest BCUT2D eigenvalue weighted by Gasteiger charge is -2.29. The van der Waals surface area contributed by atoms with Crippen molar-refractivity contribution >= 4 is 47.4 Å². The van der Waals surface area contributed by atoms with E-state index in [1.54, 1.807) is 13.8 Å². The first kappa shape index (κ1) is 33.3. The van der Waals surface area contributed by atoms with Crippen LogP contribution in [-0.2, 0) is 52.8 Å². The molecule has 0 aromatic heterocycles. The number of hydroxylamine groups is 4. The number of nitrogens with zero attached hydrogens (tertiary/aromatic N) is 2. The van der Waals surface area contributed by atoms with Crippen molar-refractivity contribution in [2.45, 2.75) is 96.3 Å². The van der Waals surface area contributed by atoms with Gasteiger partial charge < -0.3 is 30.2 Å². The standard InChI is InChI=1S/C25H36N4O12/c1-24(2,12-14-26-16(30)4-10-22(36)40-28-18(32)6-7-19(28)33)39-15-13-25(3,38)27-17(31)5-11-23(37)41-29-20(34)8-9-21(29)35/h38H,4-15H2,1-3H3,(H,26,30)(H,27,31). The average Bonchev–Trinajstić information content (AvgIpc) is 3.35. The van der Waals surface area contributed by atoms with E-state index in [0.717, 1.165) is 0 Å². The van der Waals surface area contributed by atoms with Crippen LogP contribution in [0.25, 0.3) is 0 Å². The average molecular weight is 585 g/mol. The van der Waals surface area contributed by atoms with Gasteiger partial charge in [0.1, 0.15) is 5.72 Å². The summed E-state index contributed by atoms with van der Waals surface area (Å²) >= 11 is 0. The highest BCUT2D eigenvalue weighted by Crippen LogP contribution is 2.17. The van der Waals surface area contributed by atoms with Crippen LogP contribution in [0.4, 0.5) is 0 Å². The van der Waals surface area contributed by atoms with Gasteiger partial charge in [-0.1, -0.05) is 0 Å². The molecule has 0 radical (unpaired) electrons. The van der Waals surface area contributed by atoms with E-state index in [2.05, 4.69) is 15.5 Å². The van der Waals surface area contributed by atoms with Gasteiger partial charge in [-0.05, 0) is 27.2 Å². The van der Waals surface area contributed by atoms with Gasteiger partial charge in [0.2, 0.25) is 11.8 Å². The number of carbonyl (C=O) groups is 8. The van der Waals surface area contributed by atoms with Crippen LogP contribution < -0.4 is 10.6 Å². The zero-order chi connectivity index (χ0) is 30.8. The smallest absolute Gasteiger partial charge is 0.333 e. The molecule has 0 aliphatic carbocycles. The van der Waals surface area contributed by atoms with E-state index in [4.69, 9.17) is 9.57 Å². The van der Waals surface area contributed by atoms with Crippen LogP contribution >= 0.6 is 0 Å². The van der Waals surface area contributed by atoms with E-state index in [1.807, 2.05) is 0 Å². The molecule has 2 rings (SSSR count). The number of hydrogen-bond acceptors (Lipinski definition) is 12. The molecular weight excluding hydrogens is 548 g/mol. The van der Waals surface area contributed by atoms with E-state index < -0.39 is 65.1 Å². The van der Waals surface area contributed by atoms with Gasteiger partial charge >= 0.3 is 11.9 Å². The normalized spacial score (nSPS) is 17.0. The van der Waals surface area contributed by atoms with E-state index in [9.17, 15) is 43.5 Å². The first-order valence-corrected chi connectivity index (χ1v) is 13.2. The van der Waals surface area contributed by atoms with E-state index in [1.165, 1.54) is 6.92 Å². The molecule has 2 saturated heterocycles. The Bertz CT molecular complexity index is 1040. The fourth-order valence-corrected chi connectivity index (χ4v) is 3.66. The molecule has 2 fully saturated rings. The number of imide groups is 2. The summed E-state index contributed by atoms with van der Waals surface area (Å²) in [5.41, 5.74) is -2.39. The molecule has 2 heterocycles. The predicted molar refractivity (Wildman–Crippen MR) is 134 cm³/mol. The Morgan fingerprint density at radius 2 is 1.17 bits per heavy atom. The molecule has 6 amide bonds. The number of aliphatic hydroxyl groups is 1. The van der Waals surface area contributed by atoms with Crippen LogP contribution in [0.5, 0.6) is 0 Å². The third-order valence-electron chi connectivity index (χ3n) is 6.05. The lowest BCUT2D eigenvalue weighted by molar-refractivity contribution is -0.197. The molecule has 0 bridgehead atoms. The van der Waals surface area contributed by atoms with Crippen LogP contribution in [0.3, 0.4) is 0 Å². The van der Waals surface area contributed by atoms with Crippen molar-refractivity contribution in [3.63, 3.8) is 0 Å². The molecule has 1 unspecified atom stereocenters. The highest BCUT2D eigenvalue weighted by atomic mass is 16.7. The molecular formula is C25H36N4O12. The van der Waals surface area contributed by atoms with Crippen molar-refractivity contribution < 1.29 is 57.9 Å². The number of ether oxygens (including phenoxy) is 1. The number of nitrogens with one attached hydrogen (secondary N) is 2. The Labute approximate surface area is 235 Å². The summed E-state index contributed by atoms with van der Waals surface area (Å²) < 4.78 is 5.76. The van der Waals surface area contributed by atoms with Gasteiger partial charge in [-0.3, -0.25) is 28.8 Å². The van der Waals surface area contributed by atoms with Crippen molar-refractivity contribution in [1.29, 1.82) is 0 Å². The monoisotopic (exact) mass is 584 g/mol. The molecule has 16 nitrogen and oxygen atoms in total. The largest absolute Gasteiger partial charge is 0.375 e. The molecule has 0 aromatic carbocycles. The Morgan fingerprint density at radius 1 is 0.732 bits per heavy atom. The van der Waals surface area contributed by atoms with E-state index in [-0.39, 0.29) is 64.5 Å². The van der Waals surface area contributed by atoms with Gasteiger partial charge in [0.25, 0.3) is 23.6 Å². The lowest BCUT2D eigenvalue weighted by atomic mass is 10.0. The van der Waals surface area contributed by atoms with E-state index >= 15 is 0 Å². The first-order chi connectivity index (χ1) is 19.1. The molecule has 0 spiro atoms. The molecule has 1 atom stereocenters. The molecule has 3 N–H and O–H groups in total. The van der Waals surface area contributed by atoms with Crippen molar-refractivity contribution in [1.82, 2.24) is 20.8 Å². The quantitative estimate of drug-likeness (QED) is 0.151. The maximum Gasteiger partial charge on any atom is 0.333 e. The van der Waals surface area contributed by atoms with Crippen LogP contribution in [0, 0.1) is 0 Å². The second kappa shape index (κ2) is 14.6. The summed E-state index contributed by atoms with van der Waals surface area (Å²) in [5, 5.41) is 16.3. The summed E-state index contributed by atoms with van der Waals surface area (Å²) in [6, 6.07) is 0. The molecule has 41 heavy (non-hydrogen) atoms. The number of carbonyl (C=O) groups excluding carboxylic acids is 8.